The Hall–Kier alpha value is -1.23. The van der Waals surface area contributed by atoms with Crippen molar-refractivity contribution in [1.82, 2.24) is 5.32 Å². The zero-order valence-electron chi connectivity index (χ0n) is 12.8. The predicted molar refractivity (Wildman–Crippen MR) is 78.4 cm³/mol. The van der Waals surface area contributed by atoms with Crippen LogP contribution in [0, 0.1) is 5.92 Å². The summed E-state index contributed by atoms with van der Waals surface area (Å²) < 4.78 is 40.2. The molecule has 0 bridgehead atoms. The van der Waals surface area contributed by atoms with Crippen molar-refractivity contribution in [3.63, 3.8) is 0 Å². The summed E-state index contributed by atoms with van der Waals surface area (Å²) in [6.07, 6.45) is -1.64. The molecule has 21 heavy (non-hydrogen) atoms. The second-order valence-corrected chi connectivity index (χ2v) is 5.40. The van der Waals surface area contributed by atoms with Gasteiger partial charge in [-0.2, -0.15) is 0 Å². The van der Waals surface area contributed by atoms with Crippen LogP contribution in [0.15, 0.2) is 24.3 Å². The third-order valence-corrected chi connectivity index (χ3v) is 3.52. The summed E-state index contributed by atoms with van der Waals surface area (Å²) >= 11 is 0. The van der Waals surface area contributed by atoms with Gasteiger partial charge in [0.25, 0.3) is 0 Å². The van der Waals surface area contributed by atoms with E-state index in [2.05, 4.69) is 30.8 Å². The first-order chi connectivity index (χ1) is 9.84. The second kappa shape index (κ2) is 8.27. The molecule has 120 valence electrons. The van der Waals surface area contributed by atoms with E-state index >= 15 is 0 Å². The minimum absolute atomic E-state index is 0.173. The van der Waals surface area contributed by atoms with Crippen LogP contribution in [0.5, 0.6) is 5.75 Å². The molecule has 0 aliphatic heterocycles. The second-order valence-electron chi connectivity index (χ2n) is 5.40. The molecule has 2 nitrogen and oxygen atoms in total. The highest BCUT2D eigenvalue weighted by Crippen LogP contribution is 2.23. The van der Waals surface area contributed by atoms with Crippen LogP contribution in [0.25, 0.3) is 0 Å². The Morgan fingerprint density at radius 3 is 2.24 bits per heavy atom. The fraction of sp³-hybridized carbons (Fsp3) is 0.625. The number of halogens is 3. The van der Waals surface area contributed by atoms with Gasteiger partial charge in [-0.25, -0.2) is 0 Å². The van der Waals surface area contributed by atoms with Gasteiger partial charge >= 0.3 is 6.36 Å². The lowest BCUT2D eigenvalue weighted by Gasteiger charge is -2.21. The van der Waals surface area contributed by atoms with Crippen LogP contribution in [0.2, 0.25) is 0 Å². The molecule has 1 aromatic rings. The molecular formula is C16H24F3NO. The number of benzene rings is 1. The lowest BCUT2D eigenvalue weighted by atomic mass is 9.94. The van der Waals surface area contributed by atoms with Crippen molar-refractivity contribution in [2.24, 2.45) is 5.92 Å². The largest absolute Gasteiger partial charge is 0.573 e. The average molecular weight is 303 g/mol. The van der Waals surface area contributed by atoms with E-state index in [1.807, 2.05) is 0 Å². The summed E-state index contributed by atoms with van der Waals surface area (Å²) in [5.41, 5.74) is 1.01. The fourth-order valence-corrected chi connectivity index (χ4v) is 2.29. The van der Waals surface area contributed by atoms with E-state index in [9.17, 15) is 13.2 Å². The molecule has 0 spiro atoms. The molecule has 0 heterocycles. The highest BCUT2D eigenvalue weighted by molar-refractivity contribution is 5.28. The van der Waals surface area contributed by atoms with Crippen LogP contribution >= 0.6 is 0 Å². The number of hydrogen-bond donors (Lipinski definition) is 1. The Morgan fingerprint density at radius 1 is 1.14 bits per heavy atom. The van der Waals surface area contributed by atoms with Gasteiger partial charge in [-0.3, -0.25) is 0 Å². The van der Waals surface area contributed by atoms with Gasteiger partial charge in [-0.1, -0.05) is 39.3 Å². The van der Waals surface area contributed by atoms with Crippen molar-refractivity contribution in [3.8, 4) is 5.75 Å². The summed E-state index contributed by atoms with van der Waals surface area (Å²) in [5.74, 6) is 0.454. The van der Waals surface area contributed by atoms with Crippen LogP contribution in [-0.4, -0.2) is 18.9 Å². The van der Waals surface area contributed by atoms with Crippen LogP contribution in [0.1, 0.15) is 39.2 Å². The molecule has 0 radical (unpaired) electrons. The topological polar surface area (TPSA) is 21.3 Å². The van der Waals surface area contributed by atoms with Gasteiger partial charge in [0.2, 0.25) is 0 Å². The van der Waals surface area contributed by atoms with Crippen molar-refractivity contribution >= 4 is 0 Å². The standard InChI is InChI=1S/C16H24F3NO/c1-4-12(3)10-14(20-5-2)11-13-6-8-15(9-7-13)21-16(17,18)19/h6-9,12,14,20H,4-5,10-11H2,1-3H3. The SMILES string of the molecule is CCNC(Cc1ccc(OC(F)(F)F)cc1)CC(C)CC. The summed E-state index contributed by atoms with van der Waals surface area (Å²) in [4.78, 5) is 0. The molecule has 0 aliphatic rings. The first kappa shape index (κ1) is 17.8. The maximum atomic E-state index is 12.1. The minimum Gasteiger partial charge on any atom is -0.406 e. The predicted octanol–water partition coefficient (Wildman–Crippen LogP) is 4.54. The Kier molecular flexibility index (Phi) is 7.02. The number of likely N-dealkylation sites (N-methyl/N-ethyl adjacent to an activating group) is 1. The van der Waals surface area contributed by atoms with E-state index in [0.29, 0.717) is 12.0 Å². The molecule has 0 fully saturated rings. The number of ether oxygens (including phenoxy) is 1. The lowest BCUT2D eigenvalue weighted by molar-refractivity contribution is -0.274. The van der Waals surface area contributed by atoms with Gasteiger partial charge in [0.1, 0.15) is 5.75 Å². The highest BCUT2D eigenvalue weighted by atomic mass is 19.4. The zero-order valence-corrected chi connectivity index (χ0v) is 12.8. The normalized spacial score (nSPS) is 14.8. The molecule has 0 aromatic heterocycles. The van der Waals surface area contributed by atoms with E-state index in [-0.39, 0.29) is 5.75 Å². The molecule has 0 amide bonds. The molecule has 1 N–H and O–H groups in total. The maximum absolute atomic E-state index is 12.1. The quantitative estimate of drug-likeness (QED) is 0.761. The zero-order chi connectivity index (χ0) is 15.9. The molecule has 2 atom stereocenters. The Balaban J connectivity index is 2.63. The van der Waals surface area contributed by atoms with E-state index < -0.39 is 6.36 Å². The average Bonchev–Trinajstić information content (AvgIpc) is 2.39. The van der Waals surface area contributed by atoms with Crippen molar-refractivity contribution in [2.75, 3.05) is 6.54 Å². The van der Waals surface area contributed by atoms with Crippen molar-refractivity contribution in [2.45, 2.75) is 52.4 Å². The molecule has 5 heteroatoms. The first-order valence-corrected chi connectivity index (χ1v) is 7.42. The monoisotopic (exact) mass is 303 g/mol. The first-order valence-electron chi connectivity index (χ1n) is 7.42. The third-order valence-electron chi connectivity index (χ3n) is 3.52. The molecule has 1 rings (SSSR count). The molecule has 2 unspecified atom stereocenters. The van der Waals surface area contributed by atoms with E-state index in [0.717, 1.165) is 31.4 Å². The maximum Gasteiger partial charge on any atom is 0.573 e. The minimum atomic E-state index is -4.63. The summed E-state index contributed by atoms with van der Waals surface area (Å²) in [5, 5.41) is 3.44. The van der Waals surface area contributed by atoms with Crippen LogP contribution < -0.4 is 10.1 Å². The van der Waals surface area contributed by atoms with Gasteiger partial charge in [0, 0.05) is 6.04 Å². The van der Waals surface area contributed by atoms with Gasteiger partial charge in [0.05, 0.1) is 0 Å². The van der Waals surface area contributed by atoms with Crippen LogP contribution in [0.3, 0.4) is 0 Å². The van der Waals surface area contributed by atoms with Gasteiger partial charge < -0.3 is 10.1 Å². The molecule has 0 saturated carbocycles. The fourth-order valence-electron chi connectivity index (χ4n) is 2.29. The summed E-state index contributed by atoms with van der Waals surface area (Å²) in [7, 11) is 0. The van der Waals surface area contributed by atoms with Crippen molar-refractivity contribution < 1.29 is 17.9 Å². The van der Waals surface area contributed by atoms with E-state index in [1.54, 1.807) is 12.1 Å². The molecule has 0 aliphatic carbocycles. The van der Waals surface area contributed by atoms with Crippen molar-refractivity contribution in [3.05, 3.63) is 29.8 Å². The van der Waals surface area contributed by atoms with E-state index in [1.165, 1.54) is 12.1 Å². The van der Waals surface area contributed by atoms with Gasteiger partial charge in [0.15, 0.2) is 0 Å². The number of alkyl halides is 3. The molecular weight excluding hydrogens is 279 g/mol. The van der Waals surface area contributed by atoms with Crippen LogP contribution in [0.4, 0.5) is 13.2 Å². The van der Waals surface area contributed by atoms with Gasteiger partial charge in [-0.05, 0) is 43.0 Å². The lowest BCUT2D eigenvalue weighted by Crippen LogP contribution is -2.32. The number of nitrogens with one attached hydrogen (secondary N) is 1. The smallest absolute Gasteiger partial charge is 0.406 e. The molecule has 1 aromatic carbocycles. The van der Waals surface area contributed by atoms with Gasteiger partial charge in [-0.15, -0.1) is 13.2 Å². The van der Waals surface area contributed by atoms with Crippen LogP contribution in [-0.2, 0) is 6.42 Å². The van der Waals surface area contributed by atoms with E-state index in [4.69, 9.17) is 0 Å². The Bertz CT molecular complexity index is 403. The molecule has 0 saturated heterocycles. The Morgan fingerprint density at radius 2 is 1.76 bits per heavy atom. The summed E-state index contributed by atoms with van der Waals surface area (Å²) in [6.45, 7) is 7.32. The van der Waals surface area contributed by atoms with Crippen molar-refractivity contribution in [1.29, 1.82) is 0 Å². The highest BCUT2D eigenvalue weighted by Gasteiger charge is 2.30. The Labute approximate surface area is 124 Å². The third kappa shape index (κ3) is 7.37. The number of rotatable bonds is 8. The summed E-state index contributed by atoms with van der Waals surface area (Å²) in [6, 6.07) is 6.48. The number of hydrogen-bond acceptors (Lipinski definition) is 2.